The maximum absolute atomic E-state index is 11.8. The molecule has 2 rings (SSSR count). The average Bonchev–Trinajstić information content (AvgIpc) is 2.26. The highest BCUT2D eigenvalue weighted by Crippen LogP contribution is 2.29. The van der Waals surface area contributed by atoms with Crippen molar-refractivity contribution in [1.82, 2.24) is 5.32 Å². The summed E-state index contributed by atoms with van der Waals surface area (Å²) in [6, 6.07) is 6.06. The number of carboxylic acids is 1. The van der Waals surface area contributed by atoms with E-state index in [0.29, 0.717) is 11.6 Å². The molecule has 2 amide bonds. The van der Waals surface area contributed by atoms with Crippen molar-refractivity contribution >= 4 is 17.7 Å². The molecule has 0 bridgehead atoms. The van der Waals surface area contributed by atoms with E-state index in [4.69, 9.17) is 5.11 Å². The SMILES string of the molecule is CC(NC(=O)Nc1cccc(C(=O)O)c1)C1CCC1. The molecule has 5 nitrogen and oxygen atoms in total. The lowest BCUT2D eigenvalue weighted by atomic mass is 9.80. The standard InChI is InChI=1S/C14H18N2O3/c1-9(10-4-2-5-10)15-14(19)16-12-7-3-6-11(8-12)13(17)18/h3,6-10H,2,4-5H2,1H3,(H,17,18)(H2,15,16,19). The fourth-order valence-electron chi connectivity index (χ4n) is 2.16. The molecule has 1 aliphatic carbocycles. The maximum atomic E-state index is 11.8. The number of carbonyl (C=O) groups excluding carboxylic acids is 1. The zero-order valence-electron chi connectivity index (χ0n) is 10.8. The number of carboxylic acid groups (broad SMARTS) is 1. The lowest BCUT2D eigenvalue weighted by molar-refractivity contribution is 0.0697. The van der Waals surface area contributed by atoms with Crippen LogP contribution in [0.3, 0.4) is 0 Å². The van der Waals surface area contributed by atoms with Crippen LogP contribution in [0.2, 0.25) is 0 Å². The minimum Gasteiger partial charge on any atom is -0.478 e. The number of anilines is 1. The molecule has 0 aliphatic heterocycles. The van der Waals surface area contributed by atoms with Gasteiger partial charge in [-0.15, -0.1) is 0 Å². The monoisotopic (exact) mass is 262 g/mol. The zero-order valence-corrected chi connectivity index (χ0v) is 10.8. The fraction of sp³-hybridized carbons (Fsp3) is 0.429. The van der Waals surface area contributed by atoms with Crippen LogP contribution in [0.15, 0.2) is 24.3 Å². The third-order valence-electron chi connectivity index (χ3n) is 3.58. The molecule has 1 fully saturated rings. The van der Waals surface area contributed by atoms with E-state index in [1.165, 1.54) is 18.6 Å². The highest BCUT2D eigenvalue weighted by atomic mass is 16.4. The molecule has 1 unspecified atom stereocenters. The van der Waals surface area contributed by atoms with Crippen molar-refractivity contribution in [3.63, 3.8) is 0 Å². The van der Waals surface area contributed by atoms with Gasteiger partial charge in [-0.3, -0.25) is 0 Å². The summed E-state index contributed by atoms with van der Waals surface area (Å²) in [5, 5.41) is 14.4. The summed E-state index contributed by atoms with van der Waals surface area (Å²) in [6.45, 7) is 2.00. The van der Waals surface area contributed by atoms with E-state index in [-0.39, 0.29) is 17.6 Å². The molecule has 1 aromatic rings. The molecule has 19 heavy (non-hydrogen) atoms. The number of hydrogen-bond donors (Lipinski definition) is 3. The number of amides is 2. The van der Waals surface area contributed by atoms with Crippen molar-refractivity contribution in [2.75, 3.05) is 5.32 Å². The number of urea groups is 1. The Bertz CT molecular complexity index is 483. The van der Waals surface area contributed by atoms with Crippen molar-refractivity contribution in [1.29, 1.82) is 0 Å². The molecule has 1 atom stereocenters. The molecule has 0 saturated heterocycles. The molecule has 3 N–H and O–H groups in total. The third kappa shape index (κ3) is 3.47. The summed E-state index contributed by atoms with van der Waals surface area (Å²) in [5.74, 6) is -0.442. The first kappa shape index (κ1) is 13.4. The van der Waals surface area contributed by atoms with Crippen LogP contribution in [0.5, 0.6) is 0 Å². The first-order chi connectivity index (χ1) is 9.06. The van der Waals surface area contributed by atoms with Crippen LogP contribution in [0, 0.1) is 5.92 Å². The Balaban J connectivity index is 1.90. The fourth-order valence-corrected chi connectivity index (χ4v) is 2.16. The Hall–Kier alpha value is -2.04. The molecule has 0 spiro atoms. The Morgan fingerprint density at radius 2 is 2.11 bits per heavy atom. The third-order valence-corrected chi connectivity index (χ3v) is 3.58. The molecular formula is C14H18N2O3. The summed E-state index contributed by atoms with van der Waals surface area (Å²) in [5.41, 5.74) is 0.642. The smallest absolute Gasteiger partial charge is 0.335 e. The van der Waals surface area contributed by atoms with Crippen LogP contribution in [-0.4, -0.2) is 23.1 Å². The Morgan fingerprint density at radius 1 is 1.37 bits per heavy atom. The van der Waals surface area contributed by atoms with E-state index in [0.717, 1.165) is 12.8 Å². The molecule has 1 aliphatic rings. The summed E-state index contributed by atoms with van der Waals surface area (Å²) >= 11 is 0. The number of benzene rings is 1. The van der Waals surface area contributed by atoms with Crippen LogP contribution >= 0.6 is 0 Å². The van der Waals surface area contributed by atoms with Gasteiger partial charge in [-0.2, -0.15) is 0 Å². The van der Waals surface area contributed by atoms with Gasteiger partial charge in [-0.25, -0.2) is 9.59 Å². The molecule has 1 aromatic carbocycles. The number of carbonyl (C=O) groups is 2. The molecule has 0 radical (unpaired) electrons. The van der Waals surface area contributed by atoms with Crippen LogP contribution in [-0.2, 0) is 0 Å². The largest absolute Gasteiger partial charge is 0.478 e. The van der Waals surface area contributed by atoms with Crippen molar-refractivity contribution in [2.24, 2.45) is 5.92 Å². The average molecular weight is 262 g/mol. The Labute approximate surface area is 112 Å². The second-order valence-electron chi connectivity index (χ2n) is 4.96. The summed E-state index contributed by atoms with van der Waals surface area (Å²) in [4.78, 5) is 22.6. The molecule has 1 saturated carbocycles. The van der Waals surface area contributed by atoms with Crippen molar-refractivity contribution in [3.8, 4) is 0 Å². The van der Waals surface area contributed by atoms with Gasteiger partial charge in [-0.1, -0.05) is 12.5 Å². The first-order valence-electron chi connectivity index (χ1n) is 6.47. The molecule has 102 valence electrons. The van der Waals surface area contributed by atoms with Gasteiger partial charge >= 0.3 is 12.0 Å². The van der Waals surface area contributed by atoms with Crippen molar-refractivity contribution in [2.45, 2.75) is 32.2 Å². The van der Waals surface area contributed by atoms with Gasteiger partial charge < -0.3 is 15.7 Å². The van der Waals surface area contributed by atoms with E-state index in [1.54, 1.807) is 12.1 Å². The number of rotatable bonds is 4. The number of hydrogen-bond acceptors (Lipinski definition) is 2. The van der Waals surface area contributed by atoms with Gasteiger partial charge in [-0.05, 0) is 43.9 Å². The van der Waals surface area contributed by atoms with Gasteiger partial charge in [0.1, 0.15) is 0 Å². The zero-order chi connectivity index (χ0) is 13.8. The number of aromatic carboxylic acids is 1. The topological polar surface area (TPSA) is 78.4 Å². The van der Waals surface area contributed by atoms with Crippen LogP contribution < -0.4 is 10.6 Å². The summed E-state index contributed by atoms with van der Waals surface area (Å²) in [7, 11) is 0. The maximum Gasteiger partial charge on any atom is 0.335 e. The van der Waals surface area contributed by atoms with Gasteiger partial charge in [0.25, 0.3) is 0 Å². The van der Waals surface area contributed by atoms with E-state index < -0.39 is 5.97 Å². The normalized spacial score (nSPS) is 16.3. The highest BCUT2D eigenvalue weighted by molar-refractivity contribution is 5.93. The van der Waals surface area contributed by atoms with Crippen LogP contribution in [0.25, 0.3) is 0 Å². The lowest BCUT2D eigenvalue weighted by Crippen LogP contribution is -2.42. The molecule has 0 heterocycles. The molecule has 5 heteroatoms. The van der Waals surface area contributed by atoms with E-state index in [9.17, 15) is 9.59 Å². The summed E-state index contributed by atoms with van der Waals surface area (Å²) in [6.07, 6.45) is 3.56. The second-order valence-corrected chi connectivity index (χ2v) is 4.96. The number of nitrogens with one attached hydrogen (secondary N) is 2. The van der Waals surface area contributed by atoms with Crippen LogP contribution in [0.4, 0.5) is 10.5 Å². The lowest BCUT2D eigenvalue weighted by Gasteiger charge is -2.31. The van der Waals surface area contributed by atoms with Gasteiger partial charge in [0.2, 0.25) is 0 Å². The Kier molecular flexibility index (Phi) is 4.04. The highest BCUT2D eigenvalue weighted by Gasteiger charge is 2.24. The summed E-state index contributed by atoms with van der Waals surface area (Å²) < 4.78 is 0. The Morgan fingerprint density at radius 3 is 2.68 bits per heavy atom. The minimum absolute atomic E-state index is 0.149. The molecular weight excluding hydrogens is 244 g/mol. The second kappa shape index (κ2) is 5.73. The first-order valence-corrected chi connectivity index (χ1v) is 6.47. The van der Waals surface area contributed by atoms with Crippen molar-refractivity contribution in [3.05, 3.63) is 29.8 Å². The predicted octanol–water partition coefficient (Wildman–Crippen LogP) is 2.69. The minimum atomic E-state index is -1.01. The van der Waals surface area contributed by atoms with Crippen molar-refractivity contribution < 1.29 is 14.7 Å². The quantitative estimate of drug-likeness (QED) is 0.780. The molecule has 0 aromatic heterocycles. The van der Waals surface area contributed by atoms with Gasteiger partial charge in [0.15, 0.2) is 0 Å². The van der Waals surface area contributed by atoms with Crippen LogP contribution in [0.1, 0.15) is 36.5 Å². The van der Waals surface area contributed by atoms with Gasteiger partial charge in [0, 0.05) is 11.7 Å². The van der Waals surface area contributed by atoms with E-state index >= 15 is 0 Å². The van der Waals surface area contributed by atoms with E-state index in [2.05, 4.69) is 10.6 Å². The van der Waals surface area contributed by atoms with E-state index in [1.807, 2.05) is 6.92 Å². The predicted molar refractivity (Wildman–Crippen MR) is 72.4 cm³/mol. The van der Waals surface area contributed by atoms with Gasteiger partial charge in [0.05, 0.1) is 5.56 Å².